The van der Waals surface area contributed by atoms with Crippen molar-refractivity contribution in [2.24, 2.45) is 10.2 Å². The fraction of sp³-hybridized carbons (Fsp3) is 0. The number of halogens is 3. The van der Waals surface area contributed by atoms with Gasteiger partial charge >= 0.3 is 0 Å². The van der Waals surface area contributed by atoms with E-state index in [1.807, 2.05) is 0 Å². The zero-order valence-corrected chi connectivity index (χ0v) is 14.2. The number of azo groups is 1. The average molecular weight is 383 g/mol. The van der Waals surface area contributed by atoms with Crippen molar-refractivity contribution in [2.45, 2.75) is 0 Å². The molecule has 0 aliphatic rings. The smallest absolute Gasteiger partial charge is 0.218 e. The van der Waals surface area contributed by atoms with Gasteiger partial charge in [0, 0.05) is 10.4 Å². The lowest BCUT2D eigenvalue weighted by atomic mass is 10.2. The molecule has 0 saturated heterocycles. The van der Waals surface area contributed by atoms with E-state index in [-0.39, 0.29) is 22.4 Å². The van der Waals surface area contributed by atoms with E-state index in [0.717, 1.165) is 0 Å². The number of anilines is 1. The molecule has 3 N–H and O–H groups in total. The molecular formula is C15H9Cl2FN4OS. The zero-order valence-electron chi connectivity index (χ0n) is 11.8. The fourth-order valence-corrected chi connectivity index (χ4v) is 2.78. The van der Waals surface area contributed by atoms with E-state index in [2.05, 4.69) is 20.5 Å². The molecule has 0 fully saturated rings. The van der Waals surface area contributed by atoms with Crippen molar-refractivity contribution >= 4 is 62.8 Å². The fourth-order valence-electron chi connectivity index (χ4n) is 2.09. The molecule has 9 heteroatoms. The third-order valence-corrected chi connectivity index (χ3v) is 3.83. The molecule has 0 bridgehead atoms. The van der Waals surface area contributed by atoms with Gasteiger partial charge in [-0.25, -0.2) is 4.39 Å². The topological polar surface area (TPSA) is 72.8 Å². The quantitative estimate of drug-likeness (QED) is 0.387. The van der Waals surface area contributed by atoms with Gasteiger partial charge in [0.15, 0.2) is 5.69 Å². The lowest BCUT2D eigenvalue weighted by Crippen LogP contribution is -2.06. The monoisotopic (exact) mass is 382 g/mol. The number of nitrogens with one attached hydrogen (secondary N) is 2. The number of nitrogens with zero attached hydrogens (tertiary/aromatic N) is 2. The number of aromatic amines is 1. The first-order chi connectivity index (χ1) is 11.5. The number of aromatic nitrogens is 1. The summed E-state index contributed by atoms with van der Waals surface area (Å²) in [5.74, 6) is -0.699. The van der Waals surface area contributed by atoms with Crippen LogP contribution in [0.2, 0.25) is 10.0 Å². The molecule has 122 valence electrons. The number of para-hydroxylation sites is 1. The van der Waals surface area contributed by atoms with Crippen molar-refractivity contribution in [3.05, 3.63) is 52.3 Å². The molecule has 24 heavy (non-hydrogen) atoms. The Balaban J connectivity index is 1.89. The Morgan fingerprint density at radius 1 is 1.25 bits per heavy atom. The van der Waals surface area contributed by atoms with E-state index in [4.69, 9.17) is 35.4 Å². The van der Waals surface area contributed by atoms with Crippen LogP contribution in [-0.2, 0) is 0 Å². The number of hydrogen-bond donors (Lipinski definition) is 3. The predicted octanol–water partition coefficient (Wildman–Crippen LogP) is 5.80. The molecule has 0 radical (unpaired) electrons. The lowest BCUT2D eigenvalue weighted by Gasteiger charge is -2.03. The van der Waals surface area contributed by atoms with Crippen molar-refractivity contribution in [3.63, 3.8) is 0 Å². The van der Waals surface area contributed by atoms with Gasteiger partial charge in [0.25, 0.3) is 0 Å². The summed E-state index contributed by atoms with van der Waals surface area (Å²) in [7, 11) is 0. The zero-order chi connectivity index (χ0) is 17.3. The van der Waals surface area contributed by atoms with Crippen LogP contribution >= 0.6 is 35.4 Å². The van der Waals surface area contributed by atoms with Crippen molar-refractivity contribution in [3.8, 4) is 5.88 Å². The van der Waals surface area contributed by atoms with Gasteiger partial charge in [-0.3, -0.25) is 0 Å². The van der Waals surface area contributed by atoms with Crippen molar-refractivity contribution in [2.75, 3.05) is 5.32 Å². The average Bonchev–Trinajstić information content (AvgIpc) is 2.84. The Hall–Kier alpha value is -2.22. The van der Waals surface area contributed by atoms with E-state index in [9.17, 15) is 9.50 Å². The molecule has 0 amide bonds. The summed E-state index contributed by atoms with van der Waals surface area (Å²) in [6, 6.07) is 9.13. The second kappa shape index (κ2) is 6.72. The number of rotatable bonds is 2. The number of benzene rings is 2. The highest BCUT2D eigenvalue weighted by Gasteiger charge is 2.14. The van der Waals surface area contributed by atoms with Crippen LogP contribution in [-0.4, -0.2) is 15.2 Å². The van der Waals surface area contributed by atoms with Crippen molar-refractivity contribution < 1.29 is 9.50 Å². The normalized spacial score (nSPS) is 11.3. The van der Waals surface area contributed by atoms with Gasteiger partial charge < -0.3 is 15.4 Å². The molecule has 0 spiro atoms. The largest absolute Gasteiger partial charge is 0.493 e. The Morgan fingerprint density at radius 2 is 2.00 bits per heavy atom. The molecule has 5 nitrogen and oxygen atoms in total. The van der Waals surface area contributed by atoms with Crippen molar-refractivity contribution in [1.82, 2.24) is 4.98 Å². The minimum atomic E-state index is -0.469. The maximum Gasteiger partial charge on any atom is 0.218 e. The van der Waals surface area contributed by atoms with Crippen LogP contribution in [0, 0.1) is 5.82 Å². The molecule has 0 saturated carbocycles. The minimum absolute atomic E-state index is 0.0676. The Labute approximate surface area is 151 Å². The minimum Gasteiger partial charge on any atom is -0.493 e. The van der Waals surface area contributed by atoms with E-state index in [1.165, 1.54) is 18.2 Å². The SMILES string of the molecule is Oc1[nH]c2c(Cl)cc(Cl)cc2c1N=NC(=S)Nc1ccccc1F. The Bertz CT molecular complexity index is 974. The first kappa shape index (κ1) is 16.6. The molecule has 0 atom stereocenters. The molecule has 0 aliphatic heterocycles. The second-order valence-electron chi connectivity index (χ2n) is 4.74. The number of fused-ring (bicyclic) bond motifs is 1. The van der Waals surface area contributed by atoms with E-state index in [1.54, 1.807) is 18.2 Å². The summed E-state index contributed by atoms with van der Waals surface area (Å²) in [4.78, 5) is 2.69. The van der Waals surface area contributed by atoms with Crippen molar-refractivity contribution in [1.29, 1.82) is 0 Å². The van der Waals surface area contributed by atoms with Crippen LogP contribution in [0.15, 0.2) is 46.6 Å². The van der Waals surface area contributed by atoms with Crippen LogP contribution in [0.3, 0.4) is 0 Å². The van der Waals surface area contributed by atoms with Crippen LogP contribution in [0.4, 0.5) is 15.8 Å². The predicted molar refractivity (Wildman–Crippen MR) is 97.1 cm³/mol. The summed E-state index contributed by atoms with van der Waals surface area (Å²) in [5.41, 5.74) is 0.781. The van der Waals surface area contributed by atoms with Gasteiger partial charge in [-0.15, -0.1) is 10.2 Å². The molecule has 3 rings (SSSR count). The lowest BCUT2D eigenvalue weighted by molar-refractivity contribution is 0.459. The van der Waals surface area contributed by atoms with Gasteiger partial charge in [0.2, 0.25) is 11.0 Å². The molecule has 0 unspecified atom stereocenters. The number of hydrogen-bond acceptors (Lipinski definition) is 3. The Morgan fingerprint density at radius 3 is 2.75 bits per heavy atom. The van der Waals surface area contributed by atoms with E-state index in [0.29, 0.717) is 20.9 Å². The number of thiocarbonyl (C=S) groups is 1. The first-order valence-corrected chi connectivity index (χ1v) is 7.79. The highest BCUT2D eigenvalue weighted by Crippen LogP contribution is 2.40. The molecule has 1 heterocycles. The summed E-state index contributed by atoms with van der Waals surface area (Å²) >= 11 is 17.0. The van der Waals surface area contributed by atoms with Crippen LogP contribution in [0.5, 0.6) is 5.88 Å². The van der Waals surface area contributed by atoms with Gasteiger partial charge in [0.05, 0.1) is 16.2 Å². The molecule has 3 aromatic rings. The van der Waals surface area contributed by atoms with E-state index >= 15 is 0 Å². The first-order valence-electron chi connectivity index (χ1n) is 6.62. The molecule has 1 aromatic heterocycles. The summed E-state index contributed by atoms with van der Waals surface area (Å²) in [5, 5.41) is 21.4. The molecular weight excluding hydrogens is 374 g/mol. The second-order valence-corrected chi connectivity index (χ2v) is 5.97. The van der Waals surface area contributed by atoms with Gasteiger partial charge in [0.1, 0.15) is 5.82 Å². The molecule has 0 aliphatic carbocycles. The standard InChI is InChI=1S/C15H9Cl2FN4OS/c16-7-5-8-12(9(17)6-7)20-14(23)13(8)21-22-15(24)19-11-4-2-1-3-10(11)18/h1-6,20,23H,(H,19,24). The van der Waals surface area contributed by atoms with E-state index < -0.39 is 5.82 Å². The highest BCUT2D eigenvalue weighted by atomic mass is 35.5. The van der Waals surface area contributed by atoms with Gasteiger partial charge in [-0.1, -0.05) is 35.3 Å². The van der Waals surface area contributed by atoms with Gasteiger partial charge in [-0.05, 0) is 36.5 Å². The summed E-state index contributed by atoms with van der Waals surface area (Å²) in [6.45, 7) is 0. The van der Waals surface area contributed by atoms with Crippen LogP contribution in [0.1, 0.15) is 0 Å². The number of H-pyrrole nitrogens is 1. The third-order valence-electron chi connectivity index (χ3n) is 3.13. The maximum atomic E-state index is 13.6. The van der Waals surface area contributed by atoms with Crippen LogP contribution in [0.25, 0.3) is 10.9 Å². The Kier molecular flexibility index (Phi) is 4.66. The number of aromatic hydroxyl groups is 1. The molecule has 2 aromatic carbocycles. The van der Waals surface area contributed by atoms with Gasteiger partial charge in [-0.2, -0.15) is 0 Å². The summed E-state index contributed by atoms with van der Waals surface area (Å²) in [6.07, 6.45) is 0. The van der Waals surface area contributed by atoms with Crippen LogP contribution < -0.4 is 5.32 Å². The third kappa shape index (κ3) is 3.33. The summed E-state index contributed by atoms with van der Waals surface area (Å²) < 4.78 is 13.6. The maximum absolute atomic E-state index is 13.6. The highest BCUT2D eigenvalue weighted by molar-refractivity contribution is 7.80.